The zero-order chi connectivity index (χ0) is 41.7. The van der Waals surface area contributed by atoms with Crippen molar-refractivity contribution in [2.24, 2.45) is 0 Å². The van der Waals surface area contributed by atoms with Crippen molar-refractivity contribution in [1.29, 1.82) is 0 Å². The first-order chi connectivity index (χ1) is 31.3. The van der Waals surface area contributed by atoms with Gasteiger partial charge in [-0.05, 0) is 86.5 Å². The van der Waals surface area contributed by atoms with Gasteiger partial charge in [0.15, 0.2) is 0 Å². The van der Waals surface area contributed by atoms with Crippen molar-refractivity contribution in [2.45, 2.75) is 0 Å². The zero-order valence-electron chi connectivity index (χ0n) is 34.3. The molecule has 0 aliphatic carbocycles. The molecular weight excluding hydrogens is 783 g/mol. The lowest BCUT2D eigenvalue weighted by Crippen LogP contribution is -2.10. The van der Waals surface area contributed by atoms with E-state index in [-0.39, 0.29) is 0 Å². The SMILES string of the molecule is c1ccc(-c2ccccc2-c2ccc(N(c3ccc(-c4cccc5c4oc4ccccc45)cc3)c3ccc(-c4ccccc4)c4c3sc3c(-c5ccccc5)cccc34)cc2)cc1. The van der Waals surface area contributed by atoms with Gasteiger partial charge in [0.05, 0.1) is 10.4 Å². The van der Waals surface area contributed by atoms with Crippen LogP contribution in [0, 0.1) is 0 Å². The van der Waals surface area contributed by atoms with E-state index in [1.165, 1.54) is 64.7 Å². The molecule has 0 amide bonds. The van der Waals surface area contributed by atoms with Crippen molar-refractivity contribution in [3.63, 3.8) is 0 Å². The topological polar surface area (TPSA) is 16.4 Å². The van der Waals surface area contributed by atoms with Crippen LogP contribution in [-0.4, -0.2) is 0 Å². The van der Waals surface area contributed by atoms with Crippen molar-refractivity contribution < 1.29 is 4.42 Å². The van der Waals surface area contributed by atoms with Crippen molar-refractivity contribution in [2.75, 3.05) is 4.90 Å². The van der Waals surface area contributed by atoms with E-state index in [9.17, 15) is 0 Å². The summed E-state index contributed by atoms with van der Waals surface area (Å²) in [6.45, 7) is 0. The normalized spacial score (nSPS) is 11.5. The fourth-order valence-corrected chi connectivity index (χ4v) is 10.7. The third-order valence-corrected chi connectivity index (χ3v) is 13.6. The molecule has 2 nitrogen and oxygen atoms in total. The van der Waals surface area contributed by atoms with Crippen LogP contribution >= 0.6 is 11.3 Å². The molecule has 0 unspecified atom stereocenters. The van der Waals surface area contributed by atoms with E-state index in [1.807, 2.05) is 23.5 Å². The summed E-state index contributed by atoms with van der Waals surface area (Å²) in [5.74, 6) is 0. The summed E-state index contributed by atoms with van der Waals surface area (Å²) in [5, 5.41) is 4.79. The summed E-state index contributed by atoms with van der Waals surface area (Å²) in [7, 11) is 0. The molecule has 0 bridgehead atoms. The van der Waals surface area contributed by atoms with Crippen LogP contribution in [0.5, 0.6) is 0 Å². The van der Waals surface area contributed by atoms with E-state index in [2.05, 4.69) is 229 Å². The molecule has 63 heavy (non-hydrogen) atoms. The van der Waals surface area contributed by atoms with Crippen LogP contribution in [0.1, 0.15) is 0 Å². The minimum Gasteiger partial charge on any atom is -0.455 e. The molecule has 2 heterocycles. The highest BCUT2D eigenvalue weighted by Gasteiger charge is 2.23. The van der Waals surface area contributed by atoms with Gasteiger partial charge in [-0.3, -0.25) is 0 Å². The maximum Gasteiger partial charge on any atom is 0.143 e. The van der Waals surface area contributed by atoms with E-state index >= 15 is 0 Å². The number of rotatable bonds is 8. The van der Waals surface area contributed by atoms with Gasteiger partial charge < -0.3 is 9.32 Å². The molecule has 0 radical (unpaired) electrons. The molecule has 0 N–H and O–H groups in total. The fraction of sp³-hybridized carbons (Fsp3) is 0. The Balaban J connectivity index is 1.06. The van der Waals surface area contributed by atoms with Gasteiger partial charge in [0.2, 0.25) is 0 Å². The Morgan fingerprint density at radius 1 is 0.302 bits per heavy atom. The van der Waals surface area contributed by atoms with Gasteiger partial charge in [0.25, 0.3) is 0 Å². The number of benzene rings is 10. The predicted octanol–water partition coefficient (Wildman–Crippen LogP) is 17.8. The average Bonchev–Trinajstić information content (AvgIpc) is 3.95. The number of furan rings is 1. The molecule has 12 aromatic rings. The minimum absolute atomic E-state index is 0.902. The number of thiophene rings is 1. The maximum atomic E-state index is 6.50. The van der Waals surface area contributed by atoms with Gasteiger partial charge >= 0.3 is 0 Å². The number of anilines is 3. The summed E-state index contributed by atoms with van der Waals surface area (Å²) < 4.78 is 9.02. The molecule has 0 fully saturated rings. The van der Waals surface area contributed by atoms with Crippen LogP contribution in [-0.2, 0) is 0 Å². The van der Waals surface area contributed by atoms with Gasteiger partial charge in [0, 0.05) is 43.2 Å². The summed E-state index contributed by atoms with van der Waals surface area (Å²) in [4.78, 5) is 2.44. The molecule has 12 rings (SSSR count). The summed E-state index contributed by atoms with van der Waals surface area (Å²) in [6, 6.07) is 85.2. The quantitative estimate of drug-likeness (QED) is 0.152. The van der Waals surface area contributed by atoms with E-state index < -0.39 is 0 Å². The minimum atomic E-state index is 0.902. The second-order valence-electron chi connectivity index (χ2n) is 16.0. The van der Waals surface area contributed by atoms with Gasteiger partial charge in [-0.2, -0.15) is 0 Å². The van der Waals surface area contributed by atoms with E-state index in [0.29, 0.717) is 0 Å². The number of fused-ring (bicyclic) bond motifs is 6. The Bertz CT molecular complexity index is 3590. The number of nitrogens with zero attached hydrogens (tertiary/aromatic N) is 1. The highest BCUT2D eigenvalue weighted by Crippen LogP contribution is 2.50. The van der Waals surface area contributed by atoms with Gasteiger partial charge in [-0.1, -0.05) is 200 Å². The first kappa shape index (κ1) is 36.8. The summed E-state index contributed by atoms with van der Waals surface area (Å²) in [6.07, 6.45) is 0. The smallest absolute Gasteiger partial charge is 0.143 e. The molecule has 0 saturated carbocycles. The monoisotopic (exact) mass is 821 g/mol. The van der Waals surface area contributed by atoms with Crippen LogP contribution in [0.25, 0.3) is 97.7 Å². The lowest BCUT2D eigenvalue weighted by molar-refractivity contribution is 0.670. The molecule has 0 saturated heterocycles. The van der Waals surface area contributed by atoms with Crippen molar-refractivity contribution in [3.8, 4) is 55.6 Å². The number of para-hydroxylation sites is 2. The second-order valence-corrected chi connectivity index (χ2v) is 17.0. The van der Waals surface area contributed by atoms with E-state index in [4.69, 9.17) is 4.42 Å². The van der Waals surface area contributed by atoms with Crippen molar-refractivity contribution in [1.82, 2.24) is 0 Å². The third kappa shape index (κ3) is 6.41. The van der Waals surface area contributed by atoms with Crippen molar-refractivity contribution in [3.05, 3.63) is 237 Å². The Morgan fingerprint density at radius 3 is 1.40 bits per heavy atom. The first-order valence-electron chi connectivity index (χ1n) is 21.4. The molecule has 0 aliphatic rings. The Hall–Kier alpha value is -7.98. The van der Waals surface area contributed by atoms with Crippen LogP contribution in [0.2, 0.25) is 0 Å². The Labute approximate surface area is 370 Å². The number of hydrogen-bond acceptors (Lipinski definition) is 3. The zero-order valence-corrected chi connectivity index (χ0v) is 35.1. The van der Waals surface area contributed by atoms with E-state index in [1.54, 1.807) is 0 Å². The van der Waals surface area contributed by atoms with Crippen LogP contribution in [0.15, 0.2) is 241 Å². The maximum absolute atomic E-state index is 6.50. The molecule has 0 atom stereocenters. The lowest BCUT2D eigenvalue weighted by Gasteiger charge is -2.27. The summed E-state index contributed by atoms with van der Waals surface area (Å²) >= 11 is 1.89. The second kappa shape index (κ2) is 15.5. The van der Waals surface area contributed by atoms with Crippen molar-refractivity contribution >= 4 is 70.5 Å². The van der Waals surface area contributed by atoms with Crippen LogP contribution < -0.4 is 4.90 Å². The van der Waals surface area contributed by atoms with E-state index in [0.717, 1.165) is 50.1 Å². The molecule has 10 aromatic carbocycles. The van der Waals surface area contributed by atoms with Crippen LogP contribution in [0.3, 0.4) is 0 Å². The predicted molar refractivity (Wildman–Crippen MR) is 268 cm³/mol. The molecule has 3 heteroatoms. The lowest BCUT2D eigenvalue weighted by atomic mass is 9.94. The first-order valence-corrected chi connectivity index (χ1v) is 22.2. The van der Waals surface area contributed by atoms with Gasteiger partial charge in [-0.25, -0.2) is 0 Å². The highest BCUT2D eigenvalue weighted by molar-refractivity contribution is 7.27. The third-order valence-electron chi connectivity index (χ3n) is 12.3. The standard InChI is InChI=1S/C60H39NOS/c1-4-16-40(17-5-1)47-22-10-11-23-48(47)43-30-34-45(35-31-43)61(46-36-32-44(33-37-46)50-25-14-27-53-52-24-12-13-29-56(52)62-58(50)53)55-39-38-49(41-18-6-2-7-19-41)57-54-28-15-26-51(59(54)63-60(55)57)42-20-8-3-9-21-42/h1-39H. The largest absolute Gasteiger partial charge is 0.455 e. The van der Waals surface area contributed by atoms with Gasteiger partial charge in [0.1, 0.15) is 11.2 Å². The molecule has 296 valence electrons. The molecular formula is C60H39NOS. The fourth-order valence-electron chi connectivity index (χ4n) is 9.35. The molecule has 2 aromatic heterocycles. The van der Waals surface area contributed by atoms with Crippen LogP contribution in [0.4, 0.5) is 17.1 Å². The highest BCUT2D eigenvalue weighted by atomic mass is 32.1. The van der Waals surface area contributed by atoms with Gasteiger partial charge in [-0.15, -0.1) is 11.3 Å². The Kier molecular flexibility index (Phi) is 9.06. The number of hydrogen-bond donors (Lipinski definition) is 0. The molecule has 0 aliphatic heterocycles. The Morgan fingerprint density at radius 2 is 0.762 bits per heavy atom. The summed E-state index contributed by atoms with van der Waals surface area (Å²) in [5.41, 5.74) is 17.0. The molecule has 0 spiro atoms. The average molecular weight is 822 g/mol.